The van der Waals surface area contributed by atoms with E-state index in [9.17, 15) is 9.59 Å². The van der Waals surface area contributed by atoms with Crippen LogP contribution in [-0.2, 0) is 16.1 Å². The van der Waals surface area contributed by atoms with E-state index < -0.39 is 0 Å². The average molecular weight is 394 g/mol. The molecule has 0 spiro atoms. The van der Waals surface area contributed by atoms with E-state index in [4.69, 9.17) is 9.47 Å². The summed E-state index contributed by atoms with van der Waals surface area (Å²) in [6.45, 7) is 4.48. The fraction of sp³-hybridized carbons (Fsp3) is 0.304. The summed E-state index contributed by atoms with van der Waals surface area (Å²) in [4.78, 5) is 25.9. The van der Waals surface area contributed by atoms with E-state index in [0.717, 1.165) is 24.2 Å². The molecule has 1 aliphatic rings. The topological polar surface area (TPSA) is 67.9 Å². The van der Waals surface area contributed by atoms with Crippen LogP contribution in [0.2, 0.25) is 0 Å². The predicted octanol–water partition coefficient (Wildman–Crippen LogP) is 3.64. The Bertz CT molecular complexity index is 859. The quantitative estimate of drug-likeness (QED) is 0.625. The van der Waals surface area contributed by atoms with Crippen LogP contribution in [-0.4, -0.2) is 37.0 Å². The first kappa shape index (κ1) is 20.5. The van der Waals surface area contributed by atoms with E-state index in [1.807, 2.05) is 30.3 Å². The number of hydrogen-bond acceptors (Lipinski definition) is 4. The van der Waals surface area contributed by atoms with E-state index in [2.05, 4.69) is 11.9 Å². The fourth-order valence-corrected chi connectivity index (χ4v) is 2.72. The minimum Gasteiger partial charge on any atom is -0.490 e. The van der Waals surface area contributed by atoms with Crippen LogP contribution in [0.25, 0.3) is 0 Å². The highest BCUT2D eigenvalue weighted by Crippen LogP contribution is 2.30. The molecule has 0 aliphatic heterocycles. The minimum absolute atomic E-state index is 0.0406. The number of rotatable bonds is 10. The second kappa shape index (κ2) is 9.78. The molecule has 2 aromatic carbocycles. The standard InChI is InChI=1S/C23H26N2O4/c1-3-13-28-20-11-7-17(8-12-20)15-25(2)22(26)16-29-21-6-4-5-19(14-21)24-23(27)18-9-10-18/h3-8,11-12,14,18H,1,9-10,13,15-16H2,2H3,(H,24,27). The number of benzene rings is 2. The van der Waals surface area contributed by atoms with Gasteiger partial charge in [-0.25, -0.2) is 0 Å². The van der Waals surface area contributed by atoms with Crippen LogP contribution in [0.3, 0.4) is 0 Å². The summed E-state index contributed by atoms with van der Waals surface area (Å²) in [5.41, 5.74) is 1.68. The van der Waals surface area contributed by atoms with Gasteiger partial charge in [0.15, 0.2) is 6.61 Å². The van der Waals surface area contributed by atoms with Gasteiger partial charge in [-0.2, -0.15) is 0 Å². The molecule has 6 heteroatoms. The van der Waals surface area contributed by atoms with Gasteiger partial charge in [-0.1, -0.05) is 30.9 Å². The smallest absolute Gasteiger partial charge is 0.260 e. The molecule has 0 unspecified atom stereocenters. The van der Waals surface area contributed by atoms with Gasteiger partial charge in [-0.15, -0.1) is 0 Å². The zero-order valence-corrected chi connectivity index (χ0v) is 16.6. The molecule has 1 saturated carbocycles. The maximum absolute atomic E-state index is 12.4. The normalized spacial score (nSPS) is 12.7. The fourth-order valence-electron chi connectivity index (χ4n) is 2.72. The lowest BCUT2D eigenvalue weighted by atomic mass is 10.2. The highest BCUT2D eigenvalue weighted by atomic mass is 16.5. The van der Waals surface area contributed by atoms with Gasteiger partial charge < -0.3 is 19.7 Å². The van der Waals surface area contributed by atoms with Gasteiger partial charge in [0.05, 0.1) is 0 Å². The van der Waals surface area contributed by atoms with Crippen molar-refractivity contribution in [1.29, 1.82) is 0 Å². The zero-order chi connectivity index (χ0) is 20.6. The Kier molecular flexibility index (Phi) is 6.89. The summed E-state index contributed by atoms with van der Waals surface area (Å²) in [5, 5.41) is 2.87. The molecule has 1 aliphatic carbocycles. The van der Waals surface area contributed by atoms with Gasteiger partial charge in [-0.3, -0.25) is 9.59 Å². The van der Waals surface area contributed by atoms with Gasteiger partial charge in [-0.05, 0) is 42.7 Å². The monoisotopic (exact) mass is 394 g/mol. The molecule has 6 nitrogen and oxygen atoms in total. The Labute approximate surface area is 171 Å². The third-order valence-corrected chi connectivity index (χ3v) is 4.55. The number of likely N-dealkylation sites (N-methyl/N-ethyl adjacent to an activating group) is 1. The Morgan fingerprint density at radius 1 is 1.14 bits per heavy atom. The van der Waals surface area contributed by atoms with Crippen LogP contribution in [0.4, 0.5) is 5.69 Å². The number of hydrogen-bond donors (Lipinski definition) is 1. The predicted molar refractivity (Wildman–Crippen MR) is 112 cm³/mol. The Hall–Kier alpha value is -3.28. The third kappa shape index (κ3) is 6.38. The highest BCUT2D eigenvalue weighted by molar-refractivity contribution is 5.94. The van der Waals surface area contributed by atoms with Gasteiger partial charge in [0.2, 0.25) is 5.91 Å². The summed E-state index contributed by atoms with van der Waals surface area (Å²) in [6.07, 6.45) is 3.60. The molecule has 1 fully saturated rings. The minimum atomic E-state index is -0.135. The number of carbonyl (C=O) groups is 2. The summed E-state index contributed by atoms with van der Waals surface area (Å²) in [7, 11) is 1.74. The third-order valence-electron chi connectivity index (χ3n) is 4.55. The van der Waals surface area contributed by atoms with Crippen molar-refractivity contribution in [2.24, 2.45) is 5.92 Å². The molecule has 3 rings (SSSR count). The number of anilines is 1. The molecule has 0 saturated heterocycles. The first-order valence-electron chi connectivity index (χ1n) is 9.65. The van der Waals surface area contributed by atoms with Crippen molar-refractivity contribution in [1.82, 2.24) is 4.90 Å². The number of amides is 2. The lowest BCUT2D eigenvalue weighted by Gasteiger charge is -2.18. The van der Waals surface area contributed by atoms with Crippen molar-refractivity contribution in [2.75, 3.05) is 25.6 Å². The van der Waals surface area contributed by atoms with Crippen LogP contribution < -0.4 is 14.8 Å². The lowest BCUT2D eigenvalue weighted by molar-refractivity contribution is -0.132. The molecule has 0 heterocycles. The van der Waals surface area contributed by atoms with E-state index in [-0.39, 0.29) is 24.3 Å². The molecule has 0 bridgehead atoms. The van der Waals surface area contributed by atoms with Gasteiger partial charge >= 0.3 is 0 Å². The maximum Gasteiger partial charge on any atom is 0.260 e. The van der Waals surface area contributed by atoms with Crippen LogP contribution in [0.5, 0.6) is 11.5 Å². The summed E-state index contributed by atoms with van der Waals surface area (Å²) in [5.74, 6) is 1.35. The van der Waals surface area contributed by atoms with Crippen LogP contribution in [0, 0.1) is 5.92 Å². The van der Waals surface area contributed by atoms with Crippen molar-refractivity contribution < 1.29 is 19.1 Å². The van der Waals surface area contributed by atoms with Crippen molar-refractivity contribution >= 4 is 17.5 Å². The van der Waals surface area contributed by atoms with E-state index in [1.54, 1.807) is 36.2 Å². The number of ether oxygens (including phenoxy) is 2. The van der Waals surface area contributed by atoms with Crippen molar-refractivity contribution in [3.63, 3.8) is 0 Å². The number of carbonyl (C=O) groups excluding carboxylic acids is 2. The average Bonchev–Trinajstić information content (AvgIpc) is 3.57. The maximum atomic E-state index is 12.4. The molecule has 2 aromatic rings. The molecule has 0 radical (unpaired) electrons. The van der Waals surface area contributed by atoms with Crippen LogP contribution in [0.15, 0.2) is 61.2 Å². The number of nitrogens with zero attached hydrogens (tertiary/aromatic N) is 1. The second-order valence-corrected chi connectivity index (χ2v) is 7.07. The molecular weight excluding hydrogens is 368 g/mol. The van der Waals surface area contributed by atoms with Gasteiger partial charge in [0.1, 0.15) is 18.1 Å². The summed E-state index contributed by atoms with van der Waals surface area (Å²) >= 11 is 0. The largest absolute Gasteiger partial charge is 0.490 e. The number of nitrogens with one attached hydrogen (secondary N) is 1. The van der Waals surface area contributed by atoms with E-state index in [1.165, 1.54) is 0 Å². The second-order valence-electron chi connectivity index (χ2n) is 7.07. The van der Waals surface area contributed by atoms with E-state index >= 15 is 0 Å². The summed E-state index contributed by atoms with van der Waals surface area (Å²) < 4.78 is 11.1. The highest BCUT2D eigenvalue weighted by Gasteiger charge is 2.29. The zero-order valence-electron chi connectivity index (χ0n) is 16.6. The molecule has 152 valence electrons. The first-order valence-corrected chi connectivity index (χ1v) is 9.65. The van der Waals surface area contributed by atoms with Crippen molar-refractivity contribution in [2.45, 2.75) is 19.4 Å². The van der Waals surface area contributed by atoms with Crippen LogP contribution in [0.1, 0.15) is 18.4 Å². The molecule has 1 N–H and O–H groups in total. The first-order chi connectivity index (χ1) is 14.0. The van der Waals surface area contributed by atoms with E-state index in [0.29, 0.717) is 24.6 Å². The summed E-state index contributed by atoms with van der Waals surface area (Å²) in [6, 6.07) is 14.7. The SMILES string of the molecule is C=CCOc1ccc(CN(C)C(=O)COc2cccc(NC(=O)C3CC3)c2)cc1. The Morgan fingerprint density at radius 3 is 2.59 bits per heavy atom. The van der Waals surface area contributed by atoms with Gasteiger partial charge in [0, 0.05) is 31.3 Å². The molecule has 0 aromatic heterocycles. The van der Waals surface area contributed by atoms with Crippen LogP contribution >= 0.6 is 0 Å². The van der Waals surface area contributed by atoms with Crippen molar-refractivity contribution in [3.8, 4) is 11.5 Å². The Morgan fingerprint density at radius 2 is 1.90 bits per heavy atom. The molecular formula is C23H26N2O4. The Balaban J connectivity index is 1.47. The molecule has 2 amide bonds. The van der Waals surface area contributed by atoms with Gasteiger partial charge in [0.25, 0.3) is 5.91 Å². The molecule has 0 atom stereocenters. The molecule has 29 heavy (non-hydrogen) atoms. The lowest BCUT2D eigenvalue weighted by Crippen LogP contribution is -2.30. The van der Waals surface area contributed by atoms with Crippen molar-refractivity contribution in [3.05, 3.63) is 66.7 Å².